The molecule has 3 aromatic heterocycles. The van der Waals surface area contributed by atoms with Gasteiger partial charge in [-0.25, -0.2) is 4.98 Å². The van der Waals surface area contributed by atoms with Gasteiger partial charge < -0.3 is 15.8 Å². The van der Waals surface area contributed by atoms with Crippen molar-refractivity contribution in [3.63, 3.8) is 0 Å². The van der Waals surface area contributed by atoms with Gasteiger partial charge in [-0.1, -0.05) is 6.07 Å². The normalized spacial score (nSPS) is 11.1. The van der Waals surface area contributed by atoms with E-state index in [4.69, 9.17) is 10.5 Å². The fraction of sp³-hybridized carbons (Fsp3) is 0.185. The molecule has 3 N–H and O–H groups in total. The van der Waals surface area contributed by atoms with Gasteiger partial charge in [0.25, 0.3) is 0 Å². The minimum atomic E-state index is 0.438. The van der Waals surface area contributed by atoms with Crippen molar-refractivity contribution < 1.29 is 4.74 Å². The Morgan fingerprint density at radius 2 is 1.74 bits per heavy atom. The molecule has 0 saturated carbocycles. The standard InChI is InChI=1S/C27H26N6O/c1-16-6-8-29-25-5-4-19(11-22(16)25)15-34-20-12-26(33-32-13-20)31-14-24-17(2)10-23-21(18(24)3)7-9-30-27(23)28/h4-13H,14-15H2,1-3H3,(H2,28,30)(H,31,33). The second kappa shape index (κ2) is 8.94. The molecule has 0 bridgehead atoms. The molecule has 3 heterocycles. The highest BCUT2D eigenvalue weighted by molar-refractivity contribution is 5.94. The zero-order valence-electron chi connectivity index (χ0n) is 19.5. The van der Waals surface area contributed by atoms with Gasteiger partial charge in [-0.2, -0.15) is 5.10 Å². The van der Waals surface area contributed by atoms with Crippen molar-refractivity contribution in [1.29, 1.82) is 0 Å². The third-order valence-electron chi connectivity index (χ3n) is 6.22. The quantitative estimate of drug-likeness (QED) is 0.363. The summed E-state index contributed by atoms with van der Waals surface area (Å²) < 4.78 is 6.01. The molecule has 5 aromatic rings. The van der Waals surface area contributed by atoms with E-state index in [2.05, 4.69) is 58.4 Å². The van der Waals surface area contributed by atoms with E-state index in [0.717, 1.165) is 32.8 Å². The number of nitrogen functional groups attached to an aromatic ring is 1. The van der Waals surface area contributed by atoms with Gasteiger partial charge in [0.05, 0.1) is 11.7 Å². The minimum Gasteiger partial charge on any atom is -0.487 e. The molecule has 7 nitrogen and oxygen atoms in total. The summed E-state index contributed by atoms with van der Waals surface area (Å²) in [7, 11) is 0. The number of nitrogens with zero attached hydrogens (tertiary/aromatic N) is 4. The summed E-state index contributed by atoms with van der Waals surface area (Å²) in [4.78, 5) is 8.62. The van der Waals surface area contributed by atoms with E-state index in [1.54, 1.807) is 12.4 Å². The summed E-state index contributed by atoms with van der Waals surface area (Å²) in [5.74, 6) is 1.87. The monoisotopic (exact) mass is 450 g/mol. The van der Waals surface area contributed by atoms with Gasteiger partial charge >= 0.3 is 0 Å². The van der Waals surface area contributed by atoms with E-state index in [9.17, 15) is 0 Å². The topological polar surface area (TPSA) is 98.8 Å². The lowest BCUT2D eigenvalue weighted by Crippen LogP contribution is -2.07. The number of aromatic nitrogens is 4. The number of aryl methyl sites for hydroxylation is 3. The summed E-state index contributed by atoms with van der Waals surface area (Å²) in [5, 5.41) is 14.9. The first-order valence-corrected chi connectivity index (χ1v) is 11.2. The number of nitrogens with one attached hydrogen (secondary N) is 1. The van der Waals surface area contributed by atoms with E-state index in [0.29, 0.717) is 30.5 Å². The first kappa shape index (κ1) is 21.6. The number of rotatable bonds is 6. The lowest BCUT2D eigenvalue weighted by atomic mass is 9.96. The zero-order valence-corrected chi connectivity index (χ0v) is 19.5. The second-order valence-electron chi connectivity index (χ2n) is 8.49. The molecule has 0 unspecified atom stereocenters. The van der Waals surface area contributed by atoms with Gasteiger partial charge in [0.2, 0.25) is 0 Å². The van der Waals surface area contributed by atoms with Crippen molar-refractivity contribution in [2.75, 3.05) is 11.1 Å². The maximum atomic E-state index is 6.07. The van der Waals surface area contributed by atoms with Gasteiger partial charge in [0.1, 0.15) is 18.2 Å². The average molecular weight is 451 g/mol. The van der Waals surface area contributed by atoms with E-state index < -0.39 is 0 Å². The van der Waals surface area contributed by atoms with E-state index >= 15 is 0 Å². The van der Waals surface area contributed by atoms with Crippen LogP contribution in [0.5, 0.6) is 5.75 Å². The Hall–Kier alpha value is -4.26. The second-order valence-corrected chi connectivity index (χ2v) is 8.49. The highest BCUT2D eigenvalue weighted by Gasteiger charge is 2.11. The van der Waals surface area contributed by atoms with Crippen LogP contribution in [-0.4, -0.2) is 20.2 Å². The van der Waals surface area contributed by atoms with Crippen LogP contribution in [0.15, 0.2) is 61.1 Å². The molecule has 0 spiro atoms. The van der Waals surface area contributed by atoms with Crippen molar-refractivity contribution in [2.24, 2.45) is 0 Å². The third kappa shape index (κ3) is 4.20. The number of hydrogen-bond acceptors (Lipinski definition) is 7. The highest BCUT2D eigenvalue weighted by atomic mass is 16.5. The van der Waals surface area contributed by atoms with Gasteiger partial charge in [-0.05, 0) is 84.3 Å². The lowest BCUT2D eigenvalue weighted by Gasteiger charge is -2.15. The Kier molecular flexibility index (Phi) is 5.67. The van der Waals surface area contributed by atoms with Crippen LogP contribution in [0.3, 0.4) is 0 Å². The number of ether oxygens (including phenoxy) is 1. The van der Waals surface area contributed by atoms with Crippen LogP contribution >= 0.6 is 0 Å². The number of anilines is 2. The SMILES string of the molecule is Cc1cc2c(N)nccc2c(C)c1CNc1cc(OCc2ccc3nccc(C)c3c2)cnn1. The molecule has 0 saturated heterocycles. The van der Waals surface area contributed by atoms with E-state index in [1.165, 1.54) is 16.7 Å². The molecule has 0 aliphatic rings. The molecule has 0 fully saturated rings. The molecule has 0 aliphatic carbocycles. The van der Waals surface area contributed by atoms with Crippen LogP contribution in [0.2, 0.25) is 0 Å². The summed E-state index contributed by atoms with van der Waals surface area (Å²) in [6, 6.07) is 14.2. The molecule has 0 radical (unpaired) electrons. The number of benzene rings is 2. The Morgan fingerprint density at radius 3 is 2.62 bits per heavy atom. The number of nitrogens with two attached hydrogens (primary N) is 1. The van der Waals surface area contributed by atoms with E-state index in [-0.39, 0.29) is 0 Å². The maximum Gasteiger partial charge on any atom is 0.152 e. The average Bonchev–Trinajstić information content (AvgIpc) is 2.84. The van der Waals surface area contributed by atoms with Crippen LogP contribution in [0.25, 0.3) is 21.7 Å². The summed E-state index contributed by atoms with van der Waals surface area (Å²) >= 11 is 0. The molecule has 7 heteroatoms. The number of hydrogen-bond donors (Lipinski definition) is 2. The Labute approximate surface area is 198 Å². The zero-order chi connectivity index (χ0) is 23.7. The lowest BCUT2D eigenvalue weighted by molar-refractivity contribution is 0.304. The Balaban J connectivity index is 1.30. The van der Waals surface area contributed by atoms with Crippen LogP contribution in [0, 0.1) is 20.8 Å². The van der Waals surface area contributed by atoms with Gasteiger partial charge in [-0.3, -0.25) is 4.98 Å². The molecular formula is C27H26N6O. The van der Waals surface area contributed by atoms with Crippen LogP contribution in [0.4, 0.5) is 11.6 Å². The summed E-state index contributed by atoms with van der Waals surface area (Å²) in [5.41, 5.74) is 12.9. The van der Waals surface area contributed by atoms with Crippen molar-refractivity contribution in [1.82, 2.24) is 20.2 Å². The van der Waals surface area contributed by atoms with Crippen molar-refractivity contribution in [2.45, 2.75) is 33.9 Å². The first-order valence-electron chi connectivity index (χ1n) is 11.2. The van der Waals surface area contributed by atoms with Gasteiger partial charge in [0.15, 0.2) is 5.82 Å². The van der Waals surface area contributed by atoms with Gasteiger partial charge in [0, 0.05) is 35.8 Å². The predicted molar refractivity (Wildman–Crippen MR) is 136 cm³/mol. The molecule has 34 heavy (non-hydrogen) atoms. The van der Waals surface area contributed by atoms with Crippen LogP contribution in [0.1, 0.15) is 27.8 Å². The largest absolute Gasteiger partial charge is 0.487 e. The highest BCUT2D eigenvalue weighted by Crippen LogP contribution is 2.28. The fourth-order valence-electron chi connectivity index (χ4n) is 4.28. The van der Waals surface area contributed by atoms with Gasteiger partial charge in [-0.15, -0.1) is 5.10 Å². The molecule has 2 aromatic carbocycles. The predicted octanol–water partition coefficient (Wildman–Crippen LogP) is 5.27. The molecule has 170 valence electrons. The molecule has 0 atom stereocenters. The van der Waals surface area contributed by atoms with Crippen LogP contribution < -0.4 is 15.8 Å². The van der Waals surface area contributed by atoms with Crippen molar-refractivity contribution >= 4 is 33.3 Å². The molecular weight excluding hydrogens is 424 g/mol. The molecule has 5 rings (SSSR count). The Bertz CT molecular complexity index is 1510. The maximum absolute atomic E-state index is 6.07. The molecule has 0 amide bonds. The number of fused-ring (bicyclic) bond motifs is 2. The summed E-state index contributed by atoms with van der Waals surface area (Å²) in [6.07, 6.45) is 5.21. The minimum absolute atomic E-state index is 0.438. The summed E-state index contributed by atoms with van der Waals surface area (Å²) in [6.45, 7) is 7.34. The third-order valence-corrected chi connectivity index (χ3v) is 6.22. The van der Waals surface area contributed by atoms with Crippen molar-refractivity contribution in [3.8, 4) is 5.75 Å². The van der Waals surface area contributed by atoms with Crippen LogP contribution in [-0.2, 0) is 13.2 Å². The molecule has 0 aliphatic heterocycles. The van der Waals surface area contributed by atoms with E-state index in [1.807, 2.05) is 36.5 Å². The first-order chi connectivity index (χ1) is 16.5. The van der Waals surface area contributed by atoms with Crippen molar-refractivity contribution in [3.05, 3.63) is 88.9 Å². The number of pyridine rings is 2. The smallest absolute Gasteiger partial charge is 0.152 e. The Morgan fingerprint density at radius 1 is 0.882 bits per heavy atom. The fourth-order valence-corrected chi connectivity index (χ4v) is 4.28.